The number of hydrogen-bond donors (Lipinski definition) is 2. The molecule has 0 atom stereocenters. The van der Waals surface area contributed by atoms with Crippen molar-refractivity contribution in [2.45, 2.75) is 6.92 Å². The second-order valence-corrected chi connectivity index (χ2v) is 5.61. The number of amides is 1. The van der Waals surface area contributed by atoms with E-state index in [1.54, 1.807) is 31.2 Å². The van der Waals surface area contributed by atoms with Crippen LogP contribution in [0.2, 0.25) is 10.0 Å². The van der Waals surface area contributed by atoms with E-state index in [0.29, 0.717) is 27.3 Å². The van der Waals surface area contributed by atoms with Crippen LogP contribution in [-0.2, 0) is 0 Å². The number of rotatable bonds is 4. The Bertz CT molecular complexity index is 860. The molecule has 7 nitrogen and oxygen atoms in total. The molecule has 0 bridgehead atoms. The molecule has 1 amide bonds. The molecule has 0 saturated heterocycles. The lowest BCUT2D eigenvalue weighted by molar-refractivity contribution is 0.102. The molecule has 24 heavy (non-hydrogen) atoms. The van der Waals surface area contributed by atoms with Crippen molar-refractivity contribution in [1.82, 2.24) is 15.1 Å². The van der Waals surface area contributed by atoms with Crippen LogP contribution in [0.3, 0.4) is 0 Å². The molecule has 0 fully saturated rings. The Morgan fingerprint density at radius 2 is 1.83 bits per heavy atom. The van der Waals surface area contributed by atoms with Crippen LogP contribution in [0.1, 0.15) is 16.1 Å². The minimum Gasteiger partial charge on any atom is -0.360 e. The molecule has 9 heteroatoms. The van der Waals surface area contributed by atoms with Gasteiger partial charge in [0.1, 0.15) is 5.76 Å². The van der Waals surface area contributed by atoms with E-state index in [0.717, 1.165) is 0 Å². The molecule has 0 aliphatic rings. The Morgan fingerprint density at radius 1 is 1.17 bits per heavy atom. The third-order valence-electron chi connectivity index (χ3n) is 2.98. The van der Waals surface area contributed by atoms with Crippen LogP contribution in [-0.4, -0.2) is 21.0 Å². The highest BCUT2D eigenvalue weighted by atomic mass is 35.5. The van der Waals surface area contributed by atoms with Gasteiger partial charge in [-0.1, -0.05) is 34.4 Å². The van der Waals surface area contributed by atoms with E-state index in [1.165, 1.54) is 12.4 Å². The highest BCUT2D eigenvalue weighted by Crippen LogP contribution is 2.31. The summed E-state index contributed by atoms with van der Waals surface area (Å²) in [5.41, 5.74) is 0.766. The van der Waals surface area contributed by atoms with E-state index < -0.39 is 5.91 Å². The van der Waals surface area contributed by atoms with Crippen molar-refractivity contribution < 1.29 is 9.32 Å². The maximum absolute atomic E-state index is 12.1. The van der Waals surface area contributed by atoms with Gasteiger partial charge in [-0.05, 0) is 19.1 Å². The summed E-state index contributed by atoms with van der Waals surface area (Å²) in [6, 6.07) is 6.72. The van der Waals surface area contributed by atoms with Gasteiger partial charge in [0.2, 0.25) is 5.95 Å². The molecule has 122 valence electrons. The summed E-state index contributed by atoms with van der Waals surface area (Å²) in [4.78, 5) is 20.2. The van der Waals surface area contributed by atoms with Gasteiger partial charge in [0.05, 0.1) is 21.3 Å². The maximum atomic E-state index is 12.1. The van der Waals surface area contributed by atoms with Gasteiger partial charge in [-0.2, -0.15) is 0 Å². The van der Waals surface area contributed by atoms with Crippen LogP contribution >= 0.6 is 23.2 Å². The molecule has 0 saturated carbocycles. The smallest absolute Gasteiger partial charge is 0.260 e. The Labute approximate surface area is 147 Å². The standard InChI is InChI=1S/C15H11Cl2N5O2/c1-8-5-12(22-24-8)20-14(23)9-6-18-15(19-7-9)21-13-10(16)3-2-4-11(13)17/h2-7H,1H3,(H,18,19,21)(H,20,22,23). The van der Waals surface area contributed by atoms with Crippen LogP contribution in [0.5, 0.6) is 0 Å². The normalized spacial score (nSPS) is 10.5. The van der Waals surface area contributed by atoms with Crippen LogP contribution in [0.15, 0.2) is 41.2 Å². The first kappa shape index (κ1) is 16.2. The number of nitrogens with one attached hydrogen (secondary N) is 2. The molecular formula is C15H11Cl2N5O2. The van der Waals surface area contributed by atoms with Gasteiger partial charge in [-0.25, -0.2) is 9.97 Å². The van der Waals surface area contributed by atoms with Gasteiger partial charge in [0.15, 0.2) is 5.82 Å². The number of nitrogens with zero attached hydrogens (tertiary/aromatic N) is 3. The fourth-order valence-corrected chi connectivity index (χ4v) is 2.34. The van der Waals surface area contributed by atoms with Crippen molar-refractivity contribution in [2.75, 3.05) is 10.6 Å². The number of carbonyl (C=O) groups is 1. The summed E-state index contributed by atoms with van der Waals surface area (Å²) in [5.74, 6) is 0.782. The molecule has 1 aromatic carbocycles. The van der Waals surface area contributed by atoms with E-state index in [4.69, 9.17) is 27.7 Å². The summed E-state index contributed by atoms with van der Waals surface area (Å²) < 4.78 is 4.88. The summed E-state index contributed by atoms with van der Waals surface area (Å²) >= 11 is 12.1. The number of hydrogen-bond acceptors (Lipinski definition) is 6. The van der Waals surface area contributed by atoms with Gasteiger partial charge in [-0.3, -0.25) is 4.79 Å². The number of carbonyl (C=O) groups excluding carboxylic acids is 1. The largest absolute Gasteiger partial charge is 0.360 e. The first-order valence-corrected chi connectivity index (χ1v) is 7.56. The van der Waals surface area contributed by atoms with E-state index in [9.17, 15) is 4.79 Å². The number of halogens is 2. The molecule has 2 aromatic heterocycles. The summed E-state index contributed by atoms with van der Waals surface area (Å²) in [6.45, 7) is 1.73. The second-order valence-electron chi connectivity index (χ2n) is 4.79. The maximum Gasteiger partial charge on any atom is 0.260 e. The molecule has 3 rings (SSSR count). The molecule has 0 aliphatic carbocycles. The minimum absolute atomic E-state index is 0.263. The van der Waals surface area contributed by atoms with Crippen LogP contribution in [0.4, 0.5) is 17.5 Å². The number of aromatic nitrogens is 3. The van der Waals surface area contributed by atoms with Crippen molar-refractivity contribution >= 4 is 46.6 Å². The van der Waals surface area contributed by atoms with E-state index >= 15 is 0 Å². The molecule has 2 heterocycles. The molecule has 0 unspecified atom stereocenters. The number of anilines is 3. The molecule has 0 radical (unpaired) electrons. The average molecular weight is 364 g/mol. The Kier molecular flexibility index (Phi) is 4.64. The van der Waals surface area contributed by atoms with Gasteiger partial charge >= 0.3 is 0 Å². The Hall–Kier alpha value is -2.64. The summed E-state index contributed by atoms with van der Waals surface area (Å²) in [5, 5.41) is 10.1. The van der Waals surface area contributed by atoms with Crippen molar-refractivity contribution in [3.8, 4) is 0 Å². The molecule has 0 spiro atoms. The highest BCUT2D eigenvalue weighted by Gasteiger charge is 2.11. The first-order valence-electron chi connectivity index (χ1n) is 6.80. The minimum atomic E-state index is -0.398. The quantitative estimate of drug-likeness (QED) is 0.725. The zero-order valence-corrected chi connectivity index (χ0v) is 13.9. The van der Waals surface area contributed by atoms with E-state index in [-0.39, 0.29) is 11.5 Å². The van der Waals surface area contributed by atoms with Gasteiger partial charge in [-0.15, -0.1) is 0 Å². The molecule has 2 N–H and O–H groups in total. The summed E-state index contributed by atoms with van der Waals surface area (Å²) in [7, 11) is 0. The lowest BCUT2D eigenvalue weighted by atomic mass is 10.3. The number of para-hydroxylation sites is 1. The van der Waals surface area contributed by atoms with Gasteiger partial charge in [0.25, 0.3) is 5.91 Å². The monoisotopic (exact) mass is 363 g/mol. The van der Waals surface area contributed by atoms with E-state index in [1.807, 2.05) is 0 Å². The van der Waals surface area contributed by atoms with Crippen LogP contribution in [0.25, 0.3) is 0 Å². The van der Waals surface area contributed by atoms with Crippen LogP contribution in [0, 0.1) is 6.92 Å². The van der Waals surface area contributed by atoms with Gasteiger partial charge < -0.3 is 15.2 Å². The number of benzene rings is 1. The number of aryl methyl sites for hydroxylation is 1. The van der Waals surface area contributed by atoms with Gasteiger partial charge in [0, 0.05) is 18.5 Å². The fourth-order valence-electron chi connectivity index (χ4n) is 1.85. The van der Waals surface area contributed by atoms with Crippen LogP contribution < -0.4 is 10.6 Å². The van der Waals surface area contributed by atoms with Crippen molar-refractivity contribution in [2.24, 2.45) is 0 Å². The van der Waals surface area contributed by atoms with Crippen molar-refractivity contribution in [3.05, 3.63) is 58.0 Å². The highest BCUT2D eigenvalue weighted by molar-refractivity contribution is 6.39. The zero-order valence-electron chi connectivity index (χ0n) is 12.4. The Morgan fingerprint density at radius 3 is 2.42 bits per heavy atom. The zero-order chi connectivity index (χ0) is 17.1. The SMILES string of the molecule is Cc1cc(NC(=O)c2cnc(Nc3c(Cl)cccc3Cl)nc2)no1. The Balaban J connectivity index is 1.72. The second kappa shape index (κ2) is 6.86. The summed E-state index contributed by atoms with van der Waals surface area (Å²) in [6.07, 6.45) is 2.75. The van der Waals surface area contributed by atoms with E-state index in [2.05, 4.69) is 25.8 Å². The lowest BCUT2D eigenvalue weighted by Crippen LogP contribution is -2.13. The molecule has 3 aromatic rings. The average Bonchev–Trinajstić information content (AvgIpc) is 2.96. The predicted molar refractivity (Wildman–Crippen MR) is 91.0 cm³/mol. The van der Waals surface area contributed by atoms with Crippen molar-refractivity contribution in [3.63, 3.8) is 0 Å². The third-order valence-corrected chi connectivity index (χ3v) is 3.61. The lowest BCUT2D eigenvalue weighted by Gasteiger charge is -2.08. The first-order chi connectivity index (χ1) is 11.5. The molecular weight excluding hydrogens is 353 g/mol. The predicted octanol–water partition coefficient (Wildman–Crippen LogP) is 4.08. The third kappa shape index (κ3) is 3.64. The fraction of sp³-hybridized carbons (Fsp3) is 0.0667. The topological polar surface area (TPSA) is 92.9 Å². The van der Waals surface area contributed by atoms with Crippen molar-refractivity contribution in [1.29, 1.82) is 0 Å². The molecule has 0 aliphatic heterocycles.